The number of nitrogens with one attached hydrogen (secondary N) is 2. The fourth-order valence-corrected chi connectivity index (χ4v) is 2.69. The standard InChI is InChI=1S/C16H24N2O3/c1-20-14-8-5-7-13(15(14)21-2)16(19)18-11-9-12-6-3-4-10-17-12/h5,7-8,12,17H,3-4,6,9-11H2,1-2H3,(H,18,19). The van der Waals surface area contributed by atoms with E-state index in [0.29, 0.717) is 29.6 Å². The highest BCUT2D eigenvalue weighted by Crippen LogP contribution is 2.30. The van der Waals surface area contributed by atoms with Gasteiger partial charge in [-0.1, -0.05) is 12.5 Å². The minimum atomic E-state index is -0.124. The Morgan fingerprint density at radius 3 is 2.86 bits per heavy atom. The van der Waals surface area contributed by atoms with Crippen molar-refractivity contribution >= 4 is 5.91 Å². The Balaban J connectivity index is 1.90. The van der Waals surface area contributed by atoms with E-state index in [1.54, 1.807) is 32.4 Å². The summed E-state index contributed by atoms with van der Waals surface area (Å²) in [4.78, 5) is 12.3. The number of amides is 1. The largest absolute Gasteiger partial charge is 0.493 e. The molecule has 1 aromatic rings. The van der Waals surface area contributed by atoms with Crippen LogP contribution in [0.4, 0.5) is 0 Å². The van der Waals surface area contributed by atoms with Gasteiger partial charge in [0, 0.05) is 12.6 Å². The monoisotopic (exact) mass is 292 g/mol. The molecule has 0 aliphatic carbocycles. The molecule has 1 aliphatic rings. The number of carbonyl (C=O) groups is 1. The molecule has 5 heteroatoms. The van der Waals surface area contributed by atoms with Crippen LogP contribution in [-0.2, 0) is 0 Å². The molecule has 2 rings (SSSR count). The van der Waals surface area contributed by atoms with Gasteiger partial charge >= 0.3 is 0 Å². The maximum Gasteiger partial charge on any atom is 0.255 e. The topological polar surface area (TPSA) is 59.6 Å². The number of hydrogen-bond acceptors (Lipinski definition) is 4. The molecule has 1 fully saturated rings. The molecule has 1 saturated heterocycles. The van der Waals surface area contributed by atoms with Crippen molar-refractivity contribution in [3.05, 3.63) is 23.8 Å². The summed E-state index contributed by atoms with van der Waals surface area (Å²) < 4.78 is 10.5. The number of rotatable bonds is 6. The number of benzene rings is 1. The lowest BCUT2D eigenvalue weighted by Gasteiger charge is -2.23. The summed E-state index contributed by atoms with van der Waals surface area (Å²) in [7, 11) is 3.11. The van der Waals surface area contributed by atoms with Crippen molar-refractivity contribution in [3.8, 4) is 11.5 Å². The molecule has 1 aromatic carbocycles. The molecule has 1 unspecified atom stereocenters. The number of carbonyl (C=O) groups excluding carboxylic acids is 1. The van der Waals surface area contributed by atoms with Crippen molar-refractivity contribution < 1.29 is 14.3 Å². The van der Waals surface area contributed by atoms with Crippen molar-refractivity contribution in [1.82, 2.24) is 10.6 Å². The zero-order valence-corrected chi connectivity index (χ0v) is 12.8. The average molecular weight is 292 g/mol. The van der Waals surface area contributed by atoms with E-state index in [1.165, 1.54) is 19.3 Å². The normalized spacial score (nSPS) is 18.1. The quantitative estimate of drug-likeness (QED) is 0.841. The van der Waals surface area contributed by atoms with E-state index in [4.69, 9.17) is 9.47 Å². The lowest BCUT2D eigenvalue weighted by molar-refractivity contribution is 0.0948. The highest BCUT2D eigenvalue weighted by Gasteiger charge is 2.17. The van der Waals surface area contributed by atoms with Gasteiger partial charge in [0.05, 0.1) is 19.8 Å². The summed E-state index contributed by atoms with van der Waals surface area (Å²) in [6.07, 6.45) is 4.68. The lowest BCUT2D eigenvalue weighted by Crippen LogP contribution is -2.37. The Bertz CT molecular complexity index is 471. The van der Waals surface area contributed by atoms with Gasteiger partial charge in [0.15, 0.2) is 11.5 Å². The molecule has 2 N–H and O–H groups in total. The molecule has 116 valence electrons. The van der Waals surface area contributed by atoms with Gasteiger partial charge in [0.2, 0.25) is 0 Å². The van der Waals surface area contributed by atoms with Gasteiger partial charge in [-0.3, -0.25) is 4.79 Å². The van der Waals surface area contributed by atoms with Crippen LogP contribution >= 0.6 is 0 Å². The third-order valence-corrected chi connectivity index (χ3v) is 3.84. The molecule has 1 atom stereocenters. The van der Waals surface area contributed by atoms with Gasteiger partial charge < -0.3 is 20.1 Å². The lowest BCUT2D eigenvalue weighted by atomic mass is 10.0. The average Bonchev–Trinajstić information content (AvgIpc) is 2.54. The second-order valence-electron chi connectivity index (χ2n) is 5.23. The highest BCUT2D eigenvalue weighted by molar-refractivity contribution is 5.97. The van der Waals surface area contributed by atoms with E-state index < -0.39 is 0 Å². The van der Waals surface area contributed by atoms with Gasteiger partial charge in [-0.2, -0.15) is 0 Å². The van der Waals surface area contributed by atoms with E-state index in [1.807, 2.05) is 0 Å². The Hall–Kier alpha value is -1.75. The first-order valence-corrected chi connectivity index (χ1v) is 7.49. The fraction of sp³-hybridized carbons (Fsp3) is 0.562. The highest BCUT2D eigenvalue weighted by atomic mass is 16.5. The minimum absolute atomic E-state index is 0.124. The van der Waals surface area contributed by atoms with E-state index in [0.717, 1.165) is 13.0 Å². The van der Waals surface area contributed by atoms with Crippen LogP contribution in [0.25, 0.3) is 0 Å². The molecule has 0 bridgehead atoms. The van der Waals surface area contributed by atoms with Crippen molar-refractivity contribution in [1.29, 1.82) is 0 Å². The number of para-hydroxylation sites is 1. The van der Waals surface area contributed by atoms with Crippen molar-refractivity contribution in [2.45, 2.75) is 31.7 Å². The Labute approximate surface area is 126 Å². The van der Waals surface area contributed by atoms with Crippen LogP contribution in [-0.4, -0.2) is 39.3 Å². The van der Waals surface area contributed by atoms with Crippen LogP contribution in [0.1, 0.15) is 36.0 Å². The molecule has 0 aromatic heterocycles. The molecule has 1 amide bonds. The van der Waals surface area contributed by atoms with Crippen LogP contribution in [0.2, 0.25) is 0 Å². The summed E-state index contributed by atoms with van der Waals surface area (Å²) in [5, 5.41) is 6.44. The molecular weight excluding hydrogens is 268 g/mol. The molecule has 0 spiro atoms. The molecule has 1 aliphatic heterocycles. The first-order valence-electron chi connectivity index (χ1n) is 7.49. The number of ether oxygens (including phenoxy) is 2. The van der Waals surface area contributed by atoms with Crippen molar-refractivity contribution in [3.63, 3.8) is 0 Å². The zero-order valence-electron chi connectivity index (χ0n) is 12.8. The molecule has 5 nitrogen and oxygen atoms in total. The summed E-state index contributed by atoms with van der Waals surface area (Å²) in [5.74, 6) is 0.925. The Morgan fingerprint density at radius 2 is 2.19 bits per heavy atom. The van der Waals surface area contributed by atoms with Gasteiger partial charge in [0.1, 0.15) is 0 Å². The number of piperidine rings is 1. The summed E-state index contributed by atoms with van der Waals surface area (Å²) in [6.45, 7) is 1.75. The van der Waals surface area contributed by atoms with E-state index in [-0.39, 0.29) is 5.91 Å². The number of methoxy groups -OCH3 is 2. The molecule has 0 radical (unpaired) electrons. The van der Waals surface area contributed by atoms with E-state index in [2.05, 4.69) is 10.6 Å². The predicted octanol–water partition coefficient (Wildman–Crippen LogP) is 1.97. The maximum absolute atomic E-state index is 12.3. The number of hydrogen-bond donors (Lipinski definition) is 2. The molecule has 0 saturated carbocycles. The summed E-state index contributed by atoms with van der Waals surface area (Å²) in [5.41, 5.74) is 0.508. The van der Waals surface area contributed by atoms with Crippen LogP contribution in [0.3, 0.4) is 0 Å². The Morgan fingerprint density at radius 1 is 1.33 bits per heavy atom. The first-order chi connectivity index (χ1) is 10.3. The second kappa shape index (κ2) is 7.88. The minimum Gasteiger partial charge on any atom is -0.493 e. The van der Waals surface area contributed by atoms with Crippen LogP contribution in [0.15, 0.2) is 18.2 Å². The van der Waals surface area contributed by atoms with E-state index in [9.17, 15) is 4.79 Å². The molecular formula is C16H24N2O3. The third kappa shape index (κ3) is 4.11. The van der Waals surface area contributed by atoms with Crippen molar-refractivity contribution in [2.75, 3.05) is 27.3 Å². The maximum atomic E-state index is 12.3. The predicted molar refractivity (Wildman–Crippen MR) is 82.1 cm³/mol. The molecule has 21 heavy (non-hydrogen) atoms. The van der Waals surface area contributed by atoms with Gasteiger partial charge in [-0.15, -0.1) is 0 Å². The van der Waals surface area contributed by atoms with Gasteiger partial charge in [-0.05, 0) is 37.9 Å². The fourth-order valence-electron chi connectivity index (χ4n) is 2.69. The zero-order chi connectivity index (χ0) is 15.1. The summed E-state index contributed by atoms with van der Waals surface area (Å²) >= 11 is 0. The third-order valence-electron chi connectivity index (χ3n) is 3.84. The van der Waals surface area contributed by atoms with Crippen LogP contribution in [0, 0.1) is 0 Å². The first kappa shape index (κ1) is 15.6. The summed E-state index contributed by atoms with van der Waals surface area (Å²) in [6, 6.07) is 5.84. The smallest absolute Gasteiger partial charge is 0.255 e. The second-order valence-corrected chi connectivity index (χ2v) is 5.23. The van der Waals surface area contributed by atoms with Crippen LogP contribution < -0.4 is 20.1 Å². The van der Waals surface area contributed by atoms with E-state index >= 15 is 0 Å². The van der Waals surface area contributed by atoms with Crippen LogP contribution in [0.5, 0.6) is 11.5 Å². The van der Waals surface area contributed by atoms with Gasteiger partial charge in [-0.25, -0.2) is 0 Å². The van der Waals surface area contributed by atoms with Gasteiger partial charge in [0.25, 0.3) is 5.91 Å². The molecule has 1 heterocycles. The Kier molecular flexibility index (Phi) is 5.87. The van der Waals surface area contributed by atoms with Crippen molar-refractivity contribution in [2.24, 2.45) is 0 Å². The SMILES string of the molecule is COc1cccc(C(=O)NCCC2CCCCN2)c1OC.